The van der Waals surface area contributed by atoms with Gasteiger partial charge in [-0.05, 0) is 41.3 Å². The third-order valence-corrected chi connectivity index (χ3v) is 3.08. The maximum atomic E-state index is 12.9. The van der Waals surface area contributed by atoms with E-state index in [9.17, 15) is 14.3 Å². The summed E-state index contributed by atoms with van der Waals surface area (Å²) in [6.45, 7) is 2.06. The zero-order chi connectivity index (χ0) is 14.5. The van der Waals surface area contributed by atoms with Gasteiger partial charge in [-0.15, -0.1) is 0 Å². The Labute approximate surface area is 117 Å². The number of halogens is 1. The first kappa shape index (κ1) is 14.0. The number of aryl methyl sites for hydroxylation is 1. The van der Waals surface area contributed by atoms with Gasteiger partial charge in [0, 0.05) is 0 Å². The van der Waals surface area contributed by atoms with Crippen LogP contribution in [0.2, 0.25) is 0 Å². The lowest BCUT2D eigenvalue weighted by Gasteiger charge is -2.04. The molecule has 2 aromatic rings. The van der Waals surface area contributed by atoms with E-state index in [2.05, 4.69) is 6.92 Å². The molecule has 2 nitrogen and oxygen atoms in total. The van der Waals surface area contributed by atoms with Gasteiger partial charge in [0.15, 0.2) is 0 Å². The highest BCUT2D eigenvalue weighted by molar-refractivity contribution is 6.20. The first-order valence-electron chi connectivity index (χ1n) is 6.40. The molecule has 3 heteroatoms. The lowest BCUT2D eigenvalue weighted by molar-refractivity contribution is -0.130. The van der Waals surface area contributed by atoms with Gasteiger partial charge in [-0.2, -0.15) is 0 Å². The molecule has 0 aliphatic carbocycles. The monoisotopic (exact) mass is 270 g/mol. The number of carboxylic acid groups (broad SMARTS) is 1. The molecule has 102 valence electrons. The molecule has 0 amide bonds. The van der Waals surface area contributed by atoms with E-state index in [1.807, 2.05) is 24.3 Å². The predicted molar refractivity (Wildman–Crippen MR) is 77.7 cm³/mol. The van der Waals surface area contributed by atoms with E-state index in [1.165, 1.54) is 29.8 Å². The van der Waals surface area contributed by atoms with Crippen molar-refractivity contribution in [1.29, 1.82) is 0 Å². The molecule has 0 bridgehead atoms. The van der Waals surface area contributed by atoms with Gasteiger partial charge in [-0.1, -0.05) is 43.3 Å². The summed E-state index contributed by atoms with van der Waals surface area (Å²) in [4.78, 5) is 11.4. The van der Waals surface area contributed by atoms with Gasteiger partial charge in [0.25, 0.3) is 0 Å². The van der Waals surface area contributed by atoms with E-state index in [4.69, 9.17) is 0 Å². The number of rotatable bonds is 4. The molecule has 0 unspecified atom stereocenters. The molecule has 0 aliphatic heterocycles. The van der Waals surface area contributed by atoms with Crippen molar-refractivity contribution in [2.75, 3.05) is 0 Å². The van der Waals surface area contributed by atoms with E-state index in [0.29, 0.717) is 5.56 Å². The molecule has 0 atom stereocenters. The fourth-order valence-electron chi connectivity index (χ4n) is 1.91. The lowest BCUT2D eigenvalue weighted by atomic mass is 10.0. The van der Waals surface area contributed by atoms with Gasteiger partial charge in [-0.3, -0.25) is 0 Å². The second kappa shape index (κ2) is 6.15. The standard InChI is InChI=1S/C17H15FO2/c1-2-12-3-5-13(6-4-12)11-16(17(19)20)14-7-9-15(18)10-8-14/h3-11H,2H2,1H3,(H,19,20)/b16-11+. The summed E-state index contributed by atoms with van der Waals surface area (Å²) < 4.78 is 12.9. The molecular weight excluding hydrogens is 255 g/mol. The molecule has 2 rings (SSSR count). The van der Waals surface area contributed by atoms with Gasteiger partial charge >= 0.3 is 5.97 Å². The average Bonchev–Trinajstić information content (AvgIpc) is 2.46. The number of carbonyl (C=O) groups is 1. The van der Waals surface area contributed by atoms with Crippen molar-refractivity contribution in [1.82, 2.24) is 0 Å². The van der Waals surface area contributed by atoms with E-state index in [0.717, 1.165) is 12.0 Å². The molecule has 0 fully saturated rings. The van der Waals surface area contributed by atoms with E-state index < -0.39 is 5.97 Å². The summed E-state index contributed by atoms with van der Waals surface area (Å²) in [7, 11) is 0. The van der Waals surface area contributed by atoms with E-state index in [1.54, 1.807) is 6.08 Å². The van der Waals surface area contributed by atoms with Crippen LogP contribution in [0.25, 0.3) is 11.6 Å². The second-order valence-corrected chi connectivity index (χ2v) is 4.47. The molecule has 0 aromatic heterocycles. The van der Waals surface area contributed by atoms with Crippen LogP contribution in [0.15, 0.2) is 48.5 Å². The van der Waals surface area contributed by atoms with Crippen LogP contribution in [0.4, 0.5) is 4.39 Å². The molecule has 0 radical (unpaired) electrons. The first-order chi connectivity index (χ1) is 9.60. The third kappa shape index (κ3) is 3.32. The maximum Gasteiger partial charge on any atom is 0.336 e. The number of aliphatic carboxylic acids is 1. The molecule has 1 N–H and O–H groups in total. The molecule has 0 aliphatic rings. The number of hydrogen-bond acceptors (Lipinski definition) is 1. The van der Waals surface area contributed by atoms with Crippen LogP contribution < -0.4 is 0 Å². The summed E-state index contributed by atoms with van der Waals surface area (Å²) in [5.41, 5.74) is 2.64. The number of benzene rings is 2. The number of hydrogen-bond donors (Lipinski definition) is 1. The van der Waals surface area contributed by atoms with Crippen LogP contribution in [0.1, 0.15) is 23.6 Å². The van der Waals surface area contributed by atoms with Crippen LogP contribution in [0.5, 0.6) is 0 Å². The van der Waals surface area contributed by atoms with Gasteiger partial charge in [-0.25, -0.2) is 9.18 Å². The van der Waals surface area contributed by atoms with Crippen molar-refractivity contribution in [3.05, 3.63) is 71.0 Å². The molecular formula is C17H15FO2. The summed E-state index contributed by atoms with van der Waals surface area (Å²) >= 11 is 0. The fourth-order valence-corrected chi connectivity index (χ4v) is 1.91. The quantitative estimate of drug-likeness (QED) is 0.673. The molecule has 0 saturated heterocycles. The molecule has 20 heavy (non-hydrogen) atoms. The minimum Gasteiger partial charge on any atom is -0.478 e. The molecule has 0 heterocycles. The average molecular weight is 270 g/mol. The Morgan fingerprint density at radius 2 is 1.70 bits per heavy atom. The minimum atomic E-state index is -1.03. The second-order valence-electron chi connectivity index (χ2n) is 4.47. The van der Waals surface area contributed by atoms with Crippen molar-refractivity contribution in [3.8, 4) is 0 Å². The van der Waals surface area contributed by atoms with Crippen LogP contribution in [0.3, 0.4) is 0 Å². The Bertz CT molecular complexity index is 625. The highest BCUT2D eigenvalue weighted by Crippen LogP contribution is 2.19. The van der Waals surface area contributed by atoms with Gasteiger partial charge in [0.05, 0.1) is 5.57 Å². The minimum absolute atomic E-state index is 0.147. The molecule has 2 aromatic carbocycles. The Kier molecular flexibility index (Phi) is 4.31. The van der Waals surface area contributed by atoms with Gasteiger partial charge < -0.3 is 5.11 Å². The highest BCUT2D eigenvalue weighted by atomic mass is 19.1. The predicted octanol–water partition coefficient (Wildman–Crippen LogP) is 4.01. The third-order valence-electron chi connectivity index (χ3n) is 3.08. The first-order valence-corrected chi connectivity index (χ1v) is 6.40. The summed E-state index contributed by atoms with van der Waals surface area (Å²) in [6, 6.07) is 13.1. The molecule has 0 spiro atoms. The SMILES string of the molecule is CCc1ccc(/C=C(/C(=O)O)c2ccc(F)cc2)cc1. The van der Waals surface area contributed by atoms with Crippen molar-refractivity contribution in [2.24, 2.45) is 0 Å². The fraction of sp³-hybridized carbons (Fsp3) is 0.118. The van der Waals surface area contributed by atoms with Crippen LogP contribution in [0, 0.1) is 5.82 Å². The maximum absolute atomic E-state index is 12.9. The Morgan fingerprint density at radius 3 is 2.20 bits per heavy atom. The Morgan fingerprint density at radius 1 is 1.10 bits per heavy atom. The largest absolute Gasteiger partial charge is 0.478 e. The Balaban J connectivity index is 2.39. The van der Waals surface area contributed by atoms with Crippen LogP contribution in [-0.2, 0) is 11.2 Å². The highest BCUT2D eigenvalue weighted by Gasteiger charge is 2.10. The summed E-state index contributed by atoms with van der Waals surface area (Å²) in [6.07, 6.45) is 2.53. The van der Waals surface area contributed by atoms with Crippen molar-refractivity contribution >= 4 is 17.6 Å². The number of carboxylic acids is 1. The van der Waals surface area contributed by atoms with E-state index >= 15 is 0 Å². The normalized spacial score (nSPS) is 11.4. The van der Waals surface area contributed by atoms with Crippen LogP contribution in [-0.4, -0.2) is 11.1 Å². The smallest absolute Gasteiger partial charge is 0.336 e. The van der Waals surface area contributed by atoms with Gasteiger partial charge in [0.2, 0.25) is 0 Å². The van der Waals surface area contributed by atoms with Crippen LogP contribution >= 0.6 is 0 Å². The van der Waals surface area contributed by atoms with Gasteiger partial charge in [0.1, 0.15) is 5.82 Å². The van der Waals surface area contributed by atoms with Crippen molar-refractivity contribution in [3.63, 3.8) is 0 Å². The summed E-state index contributed by atoms with van der Waals surface area (Å²) in [5.74, 6) is -1.41. The molecule has 0 saturated carbocycles. The summed E-state index contributed by atoms with van der Waals surface area (Å²) in [5, 5.41) is 9.30. The lowest BCUT2D eigenvalue weighted by Crippen LogP contribution is -1.99. The van der Waals surface area contributed by atoms with E-state index in [-0.39, 0.29) is 11.4 Å². The van der Waals surface area contributed by atoms with Crippen molar-refractivity contribution < 1.29 is 14.3 Å². The zero-order valence-corrected chi connectivity index (χ0v) is 11.1. The zero-order valence-electron chi connectivity index (χ0n) is 11.1. The topological polar surface area (TPSA) is 37.3 Å². The van der Waals surface area contributed by atoms with Crippen molar-refractivity contribution in [2.45, 2.75) is 13.3 Å². The Hall–Kier alpha value is -2.42.